The minimum atomic E-state index is -0.798. The van der Waals surface area contributed by atoms with Crippen LogP contribution in [-0.2, 0) is 11.2 Å². The van der Waals surface area contributed by atoms with E-state index >= 15 is 0 Å². The Hall–Kier alpha value is -1.89. The summed E-state index contributed by atoms with van der Waals surface area (Å²) >= 11 is 0. The molecule has 0 aliphatic heterocycles. The quantitative estimate of drug-likeness (QED) is 0.340. The van der Waals surface area contributed by atoms with Crippen molar-refractivity contribution < 1.29 is 29.6 Å². The maximum Gasteiger partial charge on any atom is 0.303 e. The van der Waals surface area contributed by atoms with Crippen molar-refractivity contribution in [2.75, 3.05) is 0 Å². The highest BCUT2D eigenvalue weighted by Gasteiger charge is 2.39. The van der Waals surface area contributed by atoms with Crippen LogP contribution in [0.4, 0.5) is 0 Å². The lowest BCUT2D eigenvalue weighted by Crippen LogP contribution is -2.20. The third-order valence-electron chi connectivity index (χ3n) is 5.29. The smallest absolute Gasteiger partial charge is 0.303 e. The number of rotatable bonds is 11. The lowest BCUT2D eigenvalue weighted by molar-refractivity contribution is -0.137. The zero-order chi connectivity index (χ0) is 20.5. The normalized spacial score (nSPS) is 26.4. The Balaban J connectivity index is 1.81. The summed E-state index contributed by atoms with van der Waals surface area (Å²) in [6.45, 7) is 1.88. The van der Waals surface area contributed by atoms with Gasteiger partial charge in [0.2, 0.25) is 0 Å². The zero-order valence-corrected chi connectivity index (χ0v) is 16.4. The fraction of sp³-hybridized carbons (Fsp3) is 0.591. The number of aliphatic hydroxyl groups is 3. The molecule has 6 heteroatoms. The summed E-state index contributed by atoms with van der Waals surface area (Å²) in [5.41, 5.74) is 0. The largest absolute Gasteiger partial charge is 0.481 e. The molecule has 0 aromatic carbocycles. The lowest BCUT2D eigenvalue weighted by Gasteiger charge is -2.19. The Labute approximate surface area is 166 Å². The van der Waals surface area contributed by atoms with E-state index in [9.17, 15) is 20.1 Å². The summed E-state index contributed by atoms with van der Waals surface area (Å²) in [5, 5.41) is 39.3. The second kappa shape index (κ2) is 11.2. The van der Waals surface area contributed by atoms with Crippen molar-refractivity contribution in [2.24, 2.45) is 11.8 Å². The Morgan fingerprint density at radius 1 is 1.29 bits per heavy atom. The molecule has 0 spiro atoms. The third-order valence-corrected chi connectivity index (χ3v) is 5.29. The molecule has 156 valence electrons. The molecule has 0 saturated heterocycles. The second-order valence-electron chi connectivity index (χ2n) is 7.61. The van der Waals surface area contributed by atoms with E-state index in [4.69, 9.17) is 9.52 Å². The van der Waals surface area contributed by atoms with Crippen LogP contribution in [-0.4, -0.2) is 44.7 Å². The van der Waals surface area contributed by atoms with Crippen molar-refractivity contribution in [3.05, 3.63) is 48.0 Å². The van der Waals surface area contributed by atoms with E-state index in [0.29, 0.717) is 38.5 Å². The summed E-state index contributed by atoms with van der Waals surface area (Å²) in [5.74, 6) is 0.573. The first-order chi connectivity index (χ1) is 13.4. The van der Waals surface area contributed by atoms with Gasteiger partial charge in [0.05, 0.1) is 18.3 Å². The van der Waals surface area contributed by atoms with E-state index in [1.165, 1.54) is 0 Å². The molecule has 5 atom stereocenters. The predicted octanol–water partition coefficient (Wildman–Crippen LogP) is 3.00. The van der Waals surface area contributed by atoms with Gasteiger partial charge < -0.3 is 24.8 Å². The first kappa shape index (κ1) is 22.4. The molecule has 6 nitrogen and oxygen atoms in total. The van der Waals surface area contributed by atoms with Crippen molar-refractivity contribution in [3.8, 4) is 0 Å². The van der Waals surface area contributed by atoms with Crippen LogP contribution in [0.15, 0.2) is 40.9 Å². The molecule has 1 heterocycles. The number of carboxylic acids is 1. The van der Waals surface area contributed by atoms with Gasteiger partial charge in [-0.2, -0.15) is 0 Å². The number of allylic oxidation sites excluding steroid dienone is 2. The molecule has 1 fully saturated rings. The van der Waals surface area contributed by atoms with Crippen LogP contribution in [0.25, 0.3) is 0 Å². The SMILES string of the molecule is Cc1ccc(CC[C@@H](O)C=C[C@@H]2[C@@H](CC=CCCCC(=O)O)[C@@H](O)C[C@@H]2O)o1. The maximum absolute atomic E-state index is 10.5. The molecule has 0 radical (unpaired) electrons. The molecule has 2 rings (SSSR count). The van der Waals surface area contributed by atoms with E-state index in [0.717, 1.165) is 11.5 Å². The topological polar surface area (TPSA) is 111 Å². The van der Waals surface area contributed by atoms with Gasteiger partial charge in [-0.25, -0.2) is 0 Å². The first-order valence-corrected chi connectivity index (χ1v) is 10.0. The van der Waals surface area contributed by atoms with Crippen molar-refractivity contribution in [3.63, 3.8) is 0 Å². The van der Waals surface area contributed by atoms with E-state index in [1.54, 1.807) is 6.08 Å². The number of hydrogen-bond donors (Lipinski definition) is 4. The van der Waals surface area contributed by atoms with Crippen LogP contribution in [0.3, 0.4) is 0 Å². The van der Waals surface area contributed by atoms with Crippen LogP contribution >= 0.6 is 0 Å². The number of carboxylic acid groups (broad SMARTS) is 1. The van der Waals surface area contributed by atoms with Gasteiger partial charge >= 0.3 is 5.97 Å². The lowest BCUT2D eigenvalue weighted by atomic mass is 9.89. The molecule has 0 bridgehead atoms. The number of aliphatic hydroxyl groups excluding tert-OH is 3. The highest BCUT2D eigenvalue weighted by atomic mass is 16.4. The standard InChI is InChI=1S/C22H32O6/c1-15-8-11-17(28-15)12-9-16(23)10-13-19-18(20(24)14-21(19)25)6-4-2-3-5-7-22(26)27/h2,4,8,10-11,13,16,18-21,23-25H,3,5-7,9,12,14H2,1H3,(H,26,27)/t16-,18-,19-,20+,21+/m1/s1. The number of furan rings is 1. The number of hydrogen-bond acceptors (Lipinski definition) is 5. The van der Waals surface area contributed by atoms with Crippen molar-refractivity contribution >= 4 is 5.97 Å². The fourth-order valence-electron chi connectivity index (χ4n) is 3.71. The van der Waals surface area contributed by atoms with Crippen molar-refractivity contribution in [1.29, 1.82) is 0 Å². The van der Waals surface area contributed by atoms with Gasteiger partial charge in [-0.05, 0) is 50.7 Å². The maximum atomic E-state index is 10.5. The number of carbonyl (C=O) groups is 1. The van der Waals surface area contributed by atoms with Crippen molar-refractivity contribution in [2.45, 2.75) is 70.2 Å². The van der Waals surface area contributed by atoms with Crippen molar-refractivity contribution in [1.82, 2.24) is 0 Å². The molecule has 4 N–H and O–H groups in total. The molecule has 1 aromatic heterocycles. The Morgan fingerprint density at radius 3 is 2.75 bits per heavy atom. The first-order valence-electron chi connectivity index (χ1n) is 10.0. The summed E-state index contributed by atoms with van der Waals surface area (Å²) in [4.78, 5) is 10.5. The number of aryl methyl sites for hydroxylation is 2. The summed E-state index contributed by atoms with van der Waals surface area (Å²) in [6.07, 6.45) is 9.08. The second-order valence-corrected chi connectivity index (χ2v) is 7.61. The Kier molecular flexibility index (Phi) is 8.96. The molecule has 0 amide bonds. The molecule has 1 aliphatic rings. The minimum Gasteiger partial charge on any atom is -0.481 e. The molecule has 0 unspecified atom stereocenters. The van der Waals surface area contributed by atoms with Crippen LogP contribution in [0.5, 0.6) is 0 Å². The Bertz CT molecular complexity index is 662. The van der Waals surface area contributed by atoms with Gasteiger partial charge in [-0.15, -0.1) is 0 Å². The number of aliphatic carboxylic acids is 1. The van der Waals surface area contributed by atoms with E-state index < -0.39 is 24.3 Å². The molecule has 1 saturated carbocycles. The molecule has 1 aromatic rings. The van der Waals surface area contributed by atoms with Gasteiger partial charge in [-0.3, -0.25) is 4.79 Å². The predicted molar refractivity (Wildman–Crippen MR) is 106 cm³/mol. The number of unbranched alkanes of at least 4 members (excludes halogenated alkanes) is 1. The van der Waals surface area contributed by atoms with Crippen LogP contribution < -0.4 is 0 Å². The van der Waals surface area contributed by atoms with Gasteiger partial charge in [0.15, 0.2) is 0 Å². The van der Waals surface area contributed by atoms with Gasteiger partial charge in [0.1, 0.15) is 11.5 Å². The van der Waals surface area contributed by atoms with Gasteiger partial charge in [-0.1, -0.05) is 24.3 Å². The van der Waals surface area contributed by atoms with E-state index in [-0.39, 0.29) is 18.3 Å². The highest BCUT2D eigenvalue weighted by Crippen LogP contribution is 2.36. The zero-order valence-electron chi connectivity index (χ0n) is 16.4. The third kappa shape index (κ3) is 7.26. The van der Waals surface area contributed by atoms with Gasteiger partial charge in [0, 0.05) is 25.2 Å². The van der Waals surface area contributed by atoms with E-state index in [1.807, 2.05) is 37.3 Å². The summed E-state index contributed by atoms with van der Waals surface area (Å²) in [7, 11) is 0. The van der Waals surface area contributed by atoms with Crippen LogP contribution in [0.1, 0.15) is 50.0 Å². The molecular weight excluding hydrogens is 360 g/mol. The minimum absolute atomic E-state index is 0.109. The van der Waals surface area contributed by atoms with Crippen LogP contribution in [0.2, 0.25) is 0 Å². The van der Waals surface area contributed by atoms with Gasteiger partial charge in [0.25, 0.3) is 0 Å². The Morgan fingerprint density at radius 2 is 2.07 bits per heavy atom. The highest BCUT2D eigenvalue weighted by molar-refractivity contribution is 5.66. The molecule has 1 aliphatic carbocycles. The molecular formula is C22H32O6. The molecule has 28 heavy (non-hydrogen) atoms. The summed E-state index contributed by atoms with van der Waals surface area (Å²) < 4.78 is 5.50. The van der Waals surface area contributed by atoms with Crippen LogP contribution in [0, 0.1) is 18.8 Å². The average molecular weight is 392 g/mol. The monoisotopic (exact) mass is 392 g/mol. The average Bonchev–Trinajstić information content (AvgIpc) is 3.16. The fourth-order valence-corrected chi connectivity index (χ4v) is 3.71. The summed E-state index contributed by atoms with van der Waals surface area (Å²) in [6, 6.07) is 3.80. The van der Waals surface area contributed by atoms with E-state index in [2.05, 4.69) is 0 Å².